The highest BCUT2D eigenvalue weighted by molar-refractivity contribution is 6.31. The average Bonchev–Trinajstić information content (AvgIpc) is 3.04. The topological polar surface area (TPSA) is 76.1 Å². The fraction of sp³-hybridized carbons (Fsp3) is 0.286. The molecule has 1 amide bonds. The van der Waals surface area contributed by atoms with E-state index in [0.717, 1.165) is 41.0 Å². The molecule has 2 heterocycles. The van der Waals surface area contributed by atoms with Gasteiger partial charge in [0.25, 0.3) is 0 Å². The van der Waals surface area contributed by atoms with Gasteiger partial charge in [0.05, 0.1) is 11.1 Å². The van der Waals surface area contributed by atoms with Gasteiger partial charge in [-0.15, -0.1) is 0 Å². The second kappa shape index (κ2) is 8.31. The van der Waals surface area contributed by atoms with Crippen molar-refractivity contribution < 1.29 is 24.2 Å². The molecule has 0 radical (unpaired) electrons. The van der Waals surface area contributed by atoms with E-state index in [1.807, 2.05) is 31.2 Å². The molecule has 180 valence electrons. The van der Waals surface area contributed by atoms with Crippen LogP contribution in [0.4, 0.5) is 11.4 Å². The van der Waals surface area contributed by atoms with E-state index in [-0.39, 0.29) is 11.5 Å². The van der Waals surface area contributed by atoms with Crippen LogP contribution in [0.15, 0.2) is 60.7 Å². The van der Waals surface area contributed by atoms with Crippen molar-refractivity contribution in [1.29, 1.82) is 0 Å². The van der Waals surface area contributed by atoms with E-state index in [2.05, 4.69) is 19.9 Å². The highest BCUT2D eigenvalue weighted by Crippen LogP contribution is 2.50. The summed E-state index contributed by atoms with van der Waals surface area (Å²) in [5.74, 6) is 0.133. The Labute approximate surface area is 209 Å². The van der Waals surface area contributed by atoms with Gasteiger partial charge in [-0.1, -0.05) is 23.7 Å². The Balaban J connectivity index is 1.56. The molecule has 6 nitrogen and oxygen atoms in total. The number of anilines is 2. The van der Waals surface area contributed by atoms with Gasteiger partial charge in [-0.2, -0.15) is 0 Å². The lowest BCUT2D eigenvalue weighted by molar-refractivity contribution is -0.139. The molecule has 0 fully saturated rings. The fourth-order valence-electron chi connectivity index (χ4n) is 4.89. The molecule has 0 spiro atoms. The molecule has 0 aromatic heterocycles. The summed E-state index contributed by atoms with van der Waals surface area (Å²) in [4.78, 5) is 26.6. The number of hydrogen-bond donors (Lipinski definition) is 1. The minimum absolute atomic E-state index is 0.0917. The molecule has 0 aliphatic carbocycles. The third-order valence-corrected chi connectivity index (χ3v) is 7.08. The van der Waals surface area contributed by atoms with Gasteiger partial charge in [-0.3, -0.25) is 9.69 Å². The normalized spacial score (nSPS) is 20.1. The molecule has 7 heteroatoms. The van der Waals surface area contributed by atoms with Crippen molar-refractivity contribution in [2.45, 2.75) is 44.6 Å². The number of carboxylic acids is 1. The number of halogens is 1. The molecule has 2 aliphatic heterocycles. The molecule has 2 aliphatic rings. The predicted octanol–water partition coefficient (Wildman–Crippen LogP) is 5.89. The molecule has 0 bridgehead atoms. The zero-order valence-electron chi connectivity index (χ0n) is 19.8. The number of fused-ring (bicyclic) bond motifs is 2. The van der Waals surface area contributed by atoms with Crippen molar-refractivity contribution in [3.05, 3.63) is 82.4 Å². The minimum atomic E-state index is -1.05. The first-order valence-corrected chi connectivity index (χ1v) is 11.9. The Morgan fingerprint density at radius 3 is 2.54 bits per heavy atom. The first kappa shape index (κ1) is 23.2. The number of aryl methyl sites for hydroxylation is 1. The molecular weight excluding hydrogens is 466 g/mol. The standard InChI is InChI=1S/C28H26ClNO5/c1-27(2)13-12-17-14-18(4-11-24(17)35-27)28(3)22-15-19(29)5-10-23(22)30(26(28)33)20-6-8-21(9-7-20)34-16-25(31)32/h4-11,14-15H,12-13,16H2,1-3H3,(H,31,32)/t28-/m0/s1. The first-order valence-electron chi connectivity index (χ1n) is 11.5. The summed E-state index contributed by atoms with van der Waals surface area (Å²) in [7, 11) is 0. The number of ether oxygens (including phenoxy) is 2. The summed E-state index contributed by atoms with van der Waals surface area (Å²) in [6.45, 7) is 5.67. The lowest BCUT2D eigenvalue weighted by Gasteiger charge is -2.34. The molecule has 0 saturated carbocycles. The monoisotopic (exact) mass is 491 g/mol. The van der Waals surface area contributed by atoms with E-state index in [1.54, 1.807) is 35.2 Å². The van der Waals surface area contributed by atoms with Crippen LogP contribution in [0.2, 0.25) is 5.02 Å². The molecule has 3 aromatic rings. The van der Waals surface area contributed by atoms with E-state index < -0.39 is 18.0 Å². The van der Waals surface area contributed by atoms with Crippen LogP contribution in [0, 0.1) is 0 Å². The van der Waals surface area contributed by atoms with Gasteiger partial charge in [-0.25, -0.2) is 4.79 Å². The molecular formula is C28H26ClNO5. The smallest absolute Gasteiger partial charge is 0.341 e. The van der Waals surface area contributed by atoms with Gasteiger partial charge in [0.1, 0.15) is 17.1 Å². The summed E-state index contributed by atoms with van der Waals surface area (Å²) in [5, 5.41) is 9.40. The minimum Gasteiger partial charge on any atom is -0.488 e. The van der Waals surface area contributed by atoms with E-state index in [9.17, 15) is 9.59 Å². The number of carboxylic acid groups (broad SMARTS) is 1. The summed E-state index contributed by atoms with van der Waals surface area (Å²) < 4.78 is 11.4. The summed E-state index contributed by atoms with van der Waals surface area (Å²) in [6, 6.07) is 18.3. The van der Waals surface area contributed by atoms with Crippen molar-refractivity contribution in [2.24, 2.45) is 0 Å². The Morgan fingerprint density at radius 2 is 1.83 bits per heavy atom. The van der Waals surface area contributed by atoms with Crippen molar-refractivity contribution >= 4 is 34.9 Å². The van der Waals surface area contributed by atoms with E-state index in [1.165, 1.54) is 0 Å². The molecule has 1 atom stereocenters. The molecule has 5 rings (SSSR count). The maximum atomic E-state index is 14.1. The SMILES string of the molecule is CC1(C)CCc2cc([C@]3(C)C(=O)N(c4ccc(OCC(=O)O)cc4)c4ccc(Cl)cc43)ccc2O1. The van der Waals surface area contributed by atoms with Crippen molar-refractivity contribution in [1.82, 2.24) is 0 Å². The van der Waals surface area contributed by atoms with Gasteiger partial charge in [0, 0.05) is 10.7 Å². The maximum Gasteiger partial charge on any atom is 0.341 e. The first-order chi connectivity index (χ1) is 16.6. The highest BCUT2D eigenvalue weighted by Gasteiger charge is 2.49. The second-order valence-corrected chi connectivity index (χ2v) is 10.2. The highest BCUT2D eigenvalue weighted by atomic mass is 35.5. The summed E-state index contributed by atoms with van der Waals surface area (Å²) in [5.41, 5.74) is 3.08. The summed E-state index contributed by atoms with van der Waals surface area (Å²) >= 11 is 6.39. The molecule has 35 heavy (non-hydrogen) atoms. The lowest BCUT2D eigenvalue weighted by Crippen LogP contribution is -2.37. The van der Waals surface area contributed by atoms with Crippen LogP contribution in [-0.2, 0) is 21.4 Å². The van der Waals surface area contributed by atoms with Crippen LogP contribution in [0.3, 0.4) is 0 Å². The Hall–Kier alpha value is -3.51. The zero-order valence-corrected chi connectivity index (χ0v) is 20.6. The van der Waals surface area contributed by atoms with E-state index >= 15 is 0 Å². The number of benzene rings is 3. The predicted molar refractivity (Wildman–Crippen MR) is 134 cm³/mol. The quantitative estimate of drug-likeness (QED) is 0.481. The van der Waals surface area contributed by atoms with Crippen LogP contribution in [0.5, 0.6) is 11.5 Å². The van der Waals surface area contributed by atoms with Gasteiger partial charge in [0.2, 0.25) is 5.91 Å². The van der Waals surface area contributed by atoms with Crippen LogP contribution < -0.4 is 14.4 Å². The molecule has 1 N–H and O–H groups in total. The lowest BCUT2D eigenvalue weighted by atomic mass is 9.76. The third-order valence-electron chi connectivity index (χ3n) is 6.85. The number of carbonyl (C=O) groups excluding carboxylic acids is 1. The fourth-order valence-corrected chi connectivity index (χ4v) is 5.07. The van der Waals surface area contributed by atoms with Crippen LogP contribution in [0.1, 0.15) is 43.9 Å². The van der Waals surface area contributed by atoms with E-state index in [0.29, 0.717) is 16.5 Å². The molecule has 3 aromatic carbocycles. The number of rotatable bonds is 5. The maximum absolute atomic E-state index is 14.1. The number of carbonyl (C=O) groups is 2. The van der Waals surface area contributed by atoms with Gasteiger partial charge < -0.3 is 14.6 Å². The molecule has 0 unspecified atom stereocenters. The van der Waals surface area contributed by atoms with Crippen LogP contribution in [-0.4, -0.2) is 29.2 Å². The Morgan fingerprint density at radius 1 is 1.09 bits per heavy atom. The van der Waals surface area contributed by atoms with Gasteiger partial charge in [0.15, 0.2) is 6.61 Å². The number of amides is 1. The van der Waals surface area contributed by atoms with Gasteiger partial charge >= 0.3 is 5.97 Å². The van der Waals surface area contributed by atoms with E-state index in [4.69, 9.17) is 26.2 Å². The number of nitrogens with zero attached hydrogens (tertiary/aromatic N) is 1. The van der Waals surface area contributed by atoms with Crippen molar-refractivity contribution in [3.8, 4) is 11.5 Å². The molecule has 0 saturated heterocycles. The van der Waals surface area contributed by atoms with Crippen LogP contribution >= 0.6 is 11.6 Å². The van der Waals surface area contributed by atoms with Crippen LogP contribution in [0.25, 0.3) is 0 Å². The number of aliphatic carboxylic acids is 1. The average molecular weight is 492 g/mol. The zero-order chi connectivity index (χ0) is 25.0. The van der Waals surface area contributed by atoms with Crippen molar-refractivity contribution in [2.75, 3.05) is 11.5 Å². The summed E-state index contributed by atoms with van der Waals surface area (Å²) in [6.07, 6.45) is 1.78. The number of hydrogen-bond acceptors (Lipinski definition) is 4. The Bertz CT molecular complexity index is 1330. The van der Waals surface area contributed by atoms with Gasteiger partial charge in [-0.05, 0) is 98.8 Å². The Kier molecular flexibility index (Phi) is 5.52. The largest absolute Gasteiger partial charge is 0.488 e. The van der Waals surface area contributed by atoms with Crippen molar-refractivity contribution in [3.63, 3.8) is 0 Å². The second-order valence-electron chi connectivity index (χ2n) is 9.79. The third kappa shape index (κ3) is 4.02.